The fourth-order valence-corrected chi connectivity index (χ4v) is 2.81. The van der Waals surface area contributed by atoms with Gasteiger partial charge in [0.1, 0.15) is 17.2 Å². The lowest BCUT2D eigenvalue weighted by molar-refractivity contribution is 0.102. The molecule has 0 radical (unpaired) electrons. The standard InChI is InChI=1S/C18H21N5O3/c1-10-17(11(2)23(3)22-10)14-9-15(21-20-14)18(24)19-13-8-12(25-4)6-7-16(13)26-5/h6-9H,1-5H3,(H,19,24)(H,20,21). The molecule has 0 saturated heterocycles. The third kappa shape index (κ3) is 3.13. The van der Waals surface area contributed by atoms with Crippen LogP contribution in [0.3, 0.4) is 0 Å². The Labute approximate surface area is 151 Å². The number of rotatable bonds is 5. The van der Waals surface area contributed by atoms with Gasteiger partial charge in [0.15, 0.2) is 0 Å². The van der Waals surface area contributed by atoms with Crippen LogP contribution in [0.5, 0.6) is 11.5 Å². The van der Waals surface area contributed by atoms with Gasteiger partial charge in [-0.2, -0.15) is 10.2 Å². The predicted octanol–water partition coefficient (Wildman–Crippen LogP) is 2.70. The van der Waals surface area contributed by atoms with Crippen molar-refractivity contribution in [3.63, 3.8) is 0 Å². The summed E-state index contributed by atoms with van der Waals surface area (Å²) in [6.07, 6.45) is 0. The maximum atomic E-state index is 12.6. The Bertz CT molecular complexity index is 958. The fourth-order valence-electron chi connectivity index (χ4n) is 2.81. The highest BCUT2D eigenvalue weighted by atomic mass is 16.5. The molecule has 0 aliphatic heterocycles. The lowest BCUT2D eigenvalue weighted by atomic mass is 10.1. The van der Waals surface area contributed by atoms with E-state index in [1.54, 1.807) is 43.2 Å². The second-order valence-corrected chi connectivity index (χ2v) is 5.86. The van der Waals surface area contributed by atoms with Crippen LogP contribution in [0.15, 0.2) is 24.3 Å². The number of hydrogen-bond donors (Lipinski definition) is 2. The van der Waals surface area contributed by atoms with E-state index in [9.17, 15) is 4.79 Å². The minimum absolute atomic E-state index is 0.325. The summed E-state index contributed by atoms with van der Waals surface area (Å²) >= 11 is 0. The van der Waals surface area contributed by atoms with Crippen LogP contribution in [0.25, 0.3) is 11.3 Å². The normalized spacial score (nSPS) is 10.7. The molecule has 0 aliphatic rings. The fraction of sp³-hybridized carbons (Fsp3) is 0.278. The molecule has 0 aliphatic carbocycles. The molecule has 0 spiro atoms. The number of aromatic amines is 1. The Morgan fingerprint density at radius 3 is 2.58 bits per heavy atom. The first-order valence-electron chi connectivity index (χ1n) is 8.04. The summed E-state index contributed by atoms with van der Waals surface area (Å²) in [5.74, 6) is 0.834. The lowest BCUT2D eigenvalue weighted by Crippen LogP contribution is -2.13. The predicted molar refractivity (Wildman–Crippen MR) is 97.8 cm³/mol. The van der Waals surface area contributed by atoms with Gasteiger partial charge >= 0.3 is 0 Å². The van der Waals surface area contributed by atoms with Gasteiger partial charge in [-0.1, -0.05) is 0 Å². The summed E-state index contributed by atoms with van der Waals surface area (Å²) in [5, 5.41) is 14.2. The highest BCUT2D eigenvalue weighted by Crippen LogP contribution is 2.30. The number of amides is 1. The number of methoxy groups -OCH3 is 2. The molecule has 26 heavy (non-hydrogen) atoms. The molecule has 3 aromatic rings. The number of carbonyl (C=O) groups excluding carboxylic acids is 1. The Morgan fingerprint density at radius 2 is 1.96 bits per heavy atom. The van der Waals surface area contributed by atoms with Gasteiger partial charge in [-0.05, 0) is 32.0 Å². The molecule has 1 amide bonds. The molecule has 3 rings (SSSR count). The molecule has 136 valence electrons. The van der Waals surface area contributed by atoms with Crippen LogP contribution in [-0.2, 0) is 7.05 Å². The van der Waals surface area contributed by atoms with Crippen LogP contribution < -0.4 is 14.8 Å². The van der Waals surface area contributed by atoms with Gasteiger partial charge in [0.25, 0.3) is 5.91 Å². The summed E-state index contributed by atoms with van der Waals surface area (Å²) < 4.78 is 12.3. The number of aryl methyl sites for hydroxylation is 2. The zero-order chi connectivity index (χ0) is 18.8. The topological polar surface area (TPSA) is 94.1 Å². The van der Waals surface area contributed by atoms with E-state index in [0.717, 1.165) is 17.0 Å². The van der Waals surface area contributed by atoms with Crippen molar-refractivity contribution < 1.29 is 14.3 Å². The monoisotopic (exact) mass is 355 g/mol. The van der Waals surface area contributed by atoms with Crippen LogP contribution in [0.1, 0.15) is 21.9 Å². The van der Waals surface area contributed by atoms with Crippen LogP contribution in [0.2, 0.25) is 0 Å². The lowest BCUT2D eigenvalue weighted by Gasteiger charge is -2.11. The van der Waals surface area contributed by atoms with Crippen molar-refractivity contribution in [2.75, 3.05) is 19.5 Å². The van der Waals surface area contributed by atoms with E-state index in [1.165, 1.54) is 0 Å². The average molecular weight is 355 g/mol. The quantitative estimate of drug-likeness (QED) is 0.734. The third-order valence-electron chi connectivity index (χ3n) is 4.24. The molecular weight excluding hydrogens is 334 g/mol. The van der Waals surface area contributed by atoms with Crippen molar-refractivity contribution in [1.29, 1.82) is 0 Å². The van der Waals surface area contributed by atoms with Gasteiger partial charge < -0.3 is 14.8 Å². The SMILES string of the molecule is COc1ccc(OC)c(NC(=O)c2cc(-c3c(C)nn(C)c3C)n[nH]2)c1. The highest BCUT2D eigenvalue weighted by molar-refractivity contribution is 6.04. The highest BCUT2D eigenvalue weighted by Gasteiger charge is 2.18. The molecule has 0 bridgehead atoms. The van der Waals surface area contributed by atoms with Crippen molar-refractivity contribution in [3.8, 4) is 22.8 Å². The van der Waals surface area contributed by atoms with Crippen molar-refractivity contribution >= 4 is 11.6 Å². The molecule has 8 heteroatoms. The van der Waals surface area contributed by atoms with Gasteiger partial charge in [0.2, 0.25) is 0 Å². The van der Waals surface area contributed by atoms with E-state index < -0.39 is 0 Å². The summed E-state index contributed by atoms with van der Waals surface area (Å²) in [4.78, 5) is 12.6. The summed E-state index contributed by atoms with van der Waals surface area (Å²) in [6.45, 7) is 3.88. The number of aromatic nitrogens is 4. The summed E-state index contributed by atoms with van der Waals surface area (Å²) in [7, 11) is 4.98. The molecule has 8 nitrogen and oxygen atoms in total. The van der Waals surface area contributed by atoms with Gasteiger partial charge in [-0.25, -0.2) is 0 Å². The van der Waals surface area contributed by atoms with E-state index in [2.05, 4.69) is 20.6 Å². The van der Waals surface area contributed by atoms with Gasteiger partial charge in [-0.3, -0.25) is 14.6 Å². The number of ether oxygens (including phenoxy) is 2. The van der Waals surface area contributed by atoms with Gasteiger partial charge in [0, 0.05) is 24.4 Å². The first-order chi connectivity index (χ1) is 12.4. The first-order valence-corrected chi connectivity index (χ1v) is 8.04. The number of carbonyl (C=O) groups is 1. The number of nitrogens with one attached hydrogen (secondary N) is 2. The zero-order valence-electron chi connectivity index (χ0n) is 15.4. The second-order valence-electron chi connectivity index (χ2n) is 5.86. The first kappa shape index (κ1) is 17.5. The maximum Gasteiger partial charge on any atom is 0.273 e. The molecular formula is C18H21N5O3. The smallest absolute Gasteiger partial charge is 0.273 e. The minimum atomic E-state index is -0.325. The number of H-pyrrole nitrogens is 1. The van der Waals surface area contributed by atoms with Crippen LogP contribution in [0, 0.1) is 13.8 Å². The molecule has 0 saturated carbocycles. The van der Waals surface area contributed by atoms with Crippen molar-refractivity contribution in [2.45, 2.75) is 13.8 Å². The van der Waals surface area contributed by atoms with E-state index in [-0.39, 0.29) is 5.91 Å². The van der Waals surface area contributed by atoms with Crippen molar-refractivity contribution in [1.82, 2.24) is 20.0 Å². The molecule has 0 atom stereocenters. The third-order valence-corrected chi connectivity index (χ3v) is 4.24. The molecule has 0 unspecified atom stereocenters. The van der Waals surface area contributed by atoms with Gasteiger partial charge in [-0.15, -0.1) is 0 Å². The largest absolute Gasteiger partial charge is 0.497 e. The Morgan fingerprint density at radius 1 is 1.19 bits per heavy atom. The van der Waals surface area contributed by atoms with E-state index in [0.29, 0.717) is 28.6 Å². The Hall–Kier alpha value is -3.29. The van der Waals surface area contributed by atoms with E-state index in [1.807, 2.05) is 20.9 Å². The van der Waals surface area contributed by atoms with Crippen molar-refractivity contribution in [3.05, 3.63) is 41.3 Å². The van der Waals surface area contributed by atoms with Crippen LogP contribution in [-0.4, -0.2) is 40.1 Å². The number of benzene rings is 1. The minimum Gasteiger partial charge on any atom is -0.497 e. The van der Waals surface area contributed by atoms with E-state index in [4.69, 9.17) is 9.47 Å². The van der Waals surface area contributed by atoms with Gasteiger partial charge in [0.05, 0.1) is 31.3 Å². The molecule has 1 aromatic carbocycles. The van der Waals surface area contributed by atoms with E-state index >= 15 is 0 Å². The molecule has 2 aromatic heterocycles. The number of nitrogens with zero attached hydrogens (tertiary/aromatic N) is 3. The molecule has 2 N–H and O–H groups in total. The second kappa shape index (κ2) is 6.91. The van der Waals surface area contributed by atoms with Crippen LogP contribution >= 0.6 is 0 Å². The van der Waals surface area contributed by atoms with Crippen molar-refractivity contribution in [2.24, 2.45) is 7.05 Å². The number of anilines is 1. The molecule has 0 fully saturated rings. The van der Waals surface area contributed by atoms with Crippen LogP contribution in [0.4, 0.5) is 5.69 Å². The zero-order valence-corrected chi connectivity index (χ0v) is 15.4. The summed E-state index contributed by atoms with van der Waals surface area (Å²) in [5.41, 5.74) is 4.29. The Kier molecular flexibility index (Phi) is 4.66. The molecule has 2 heterocycles. The average Bonchev–Trinajstić information content (AvgIpc) is 3.19. The summed E-state index contributed by atoms with van der Waals surface area (Å²) in [6, 6.07) is 6.90. The number of hydrogen-bond acceptors (Lipinski definition) is 5. The maximum absolute atomic E-state index is 12.6. The Balaban J connectivity index is 1.87.